The van der Waals surface area contributed by atoms with Crippen molar-refractivity contribution < 1.29 is 4.42 Å². The molecule has 3 heterocycles. The van der Waals surface area contributed by atoms with Crippen molar-refractivity contribution in [2.75, 3.05) is 0 Å². The lowest BCUT2D eigenvalue weighted by Crippen LogP contribution is -2.12. The fourth-order valence-electron chi connectivity index (χ4n) is 5.52. The van der Waals surface area contributed by atoms with Gasteiger partial charge in [-0.15, -0.1) is 11.3 Å². The summed E-state index contributed by atoms with van der Waals surface area (Å²) in [5.74, 6) is 0.643. The number of hydrogen-bond acceptors (Lipinski definition) is 3. The van der Waals surface area contributed by atoms with Crippen LogP contribution in [0.2, 0.25) is 0 Å². The van der Waals surface area contributed by atoms with Crippen LogP contribution in [0.4, 0.5) is 0 Å². The highest BCUT2D eigenvalue weighted by atomic mass is 32.1. The Morgan fingerprint density at radius 3 is 2.46 bits per heavy atom. The van der Waals surface area contributed by atoms with Gasteiger partial charge in [-0.25, -0.2) is 4.98 Å². The van der Waals surface area contributed by atoms with E-state index in [4.69, 9.17) is 9.40 Å². The molecule has 0 saturated carbocycles. The van der Waals surface area contributed by atoms with E-state index in [1.807, 2.05) is 17.4 Å². The lowest BCUT2D eigenvalue weighted by atomic mass is 9.82. The lowest BCUT2D eigenvalue weighted by molar-refractivity contribution is 0.596. The minimum absolute atomic E-state index is 0.0169. The molecule has 0 aliphatic heterocycles. The Kier molecular flexibility index (Phi) is 5.72. The maximum atomic E-state index is 5.87. The first-order chi connectivity index (χ1) is 17.7. The second kappa shape index (κ2) is 8.85. The number of furan rings is 1. The van der Waals surface area contributed by atoms with Crippen LogP contribution in [0.1, 0.15) is 50.6 Å². The molecule has 0 spiro atoms. The van der Waals surface area contributed by atoms with Gasteiger partial charge in [-0.2, -0.15) is 0 Å². The van der Waals surface area contributed by atoms with Crippen molar-refractivity contribution in [1.82, 2.24) is 4.98 Å². The van der Waals surface area contributed by atoms with Gasteiger partial charge in [0.15, 0.2) is 0 Å². The van der Waals surface area contributed by atoms with E-state index in [-0.39, 0.29) is 5.41 Å². The first-order valence-corrected chi connectivity index (χ1v) is 13.9. The van der Waals surface area contributed by atoms with E-state index in [0.29, 0.717) is 11.6 Å². The fraction of sp³-hybridized carbons (Fsp3) is 0.265. The molecule has 0 saturated heterocycles. The summed E-state index contributed by atoms with van der Waals surface area (Å²) < 4.78 is 7.22. The molecule has 0 fully saturated rings. The minimum atomic E-state index is 0.0169. The quantitative estimate of drug-likeness (QED) is 0.239. The smallest absolute Gasteiger partial charge is 0.227 e. The van der Waals surface area contributed by atoms with Crippen LogP contribution in [-0.4, -0.2) is 4.98 Å². The van der Waals surface area contributed by atoms with Gasteiger partial charge < -0.3 is 4.42 Å². The molecule has 0 N–H and O–H groups in total. The molecule has 37 heavy (non-hydrogen) atoms. The molecule has 6 rings (SSSR count). The largest absolute Gasteiger partial charge is 0.446 e. The second-order valence-electron chi connectivity index (χ2n) is 11.6. The Balaban J connectivity index is 1.55. The molecule has 186 valence electrons. The van der Waals surface area contributed by atoms with Crippen LogP contribution in [0.25, 0.3) is 54.3 Å². The normalized spacial score (nSPS) is 12.4. The molecule has 3 aromatic carbocycles. The van der Waals surface area contributed by atoms with Gasteiger partial charge in [-0.3, -0.25) is 0 Å². The number of aryl methyl sites for hydroxylation is 1. The predicted molar refractivity (Wildman–Crippen MR) is 160 cm³/mol. The second-order valence-corrected chi connectivity index (χ2v) is 12.9. The van der Waals surface area contributed by atoms with Crippen LogP contribution in [-0.2, 0) is 11.8 Å². The average molecular weight is 504 g/mol. The highest BCUT2D eigenvalue weighted by molar-refractivity contribution is 7.19. The van der Waals surface area contributed by atoms with E-state index in [2.05, 4.69) is 102 Å². The molecule has 0 aliphatic rings. The standard InChI is InChI=1S/C34H33NOS/c1-20(2)15-28-21(3)37-32-18-23(11-12-26(28)32)29-19-31(35-33-27(29)13-14-36-33)24-16-22-9-7-8-10-25(22)30(17-24)34(4,5)6/h7-14,16-20H,15H2,1-6H3. The van der Waals surface area contributed by atoms with Crippen LogP contribution >= 0.6 is 11.3 Å². The summed E-state index contributed by atoms with van der Waals surface area (Å²) in [5.41, 5.74) is 7.96. The molecule has 3 aromatic heterocycles. The van der Waals surface area contributed by atoms with E-state index in [0.717, 1.165) is 28.6 Å². The van der Waals surface area contributed by atoms with E-state index in [1.165, 1.54) is 42.4 Å². The third-order valence-electron chi connectivity index (χ3n) is 7.32. The minimum Gasteiger partial charge on any atom is -0.446 e. The number of nitrogens with zero attached hydrogens (tertiary/aromatic N) is 1. The van der Waals surface area contributed by atoms with Gasteiger partial charge in [0.05, 0.1) is 12.0 Å². The first kappa shape index (κ1) is 23.9. The Hall–Kier alpha value is -3.43. The summed E-state index contributed by atoms with van der Waals surface area (Å²) in [7, 11) is 0. The molecule has 0 aliphatic carbocycles. The van der Waals surface area contributed by atoms with Crippen LogP contribution < -0.4 is 0 Å². The Bertz CT molecular complexity index is 1780. The highest BCUT2D eigenvalue weighted by Crippen LogP contribution is 2.40. The van der Waals surface area contributed by atoms with Gasteiger partial charge >= 0.3 is 0 Å². The first-order valence-electron chi connectivity index (χ1n) is 13.1. The third kappa shape index (κ3) is 4.26. The van der Waals surface area contributed by atoms with Gasteiger partial charge in [-0.05, 0) is 93.4 Å². The van der Waals surface area contributed by atoms with E-state index in [9.17, 15) is 0 Å². The van der Waals surface area contributed by atoms with Gasteiger partial charge in [0.2, 0.25) is 5.71 Å². The van der Waals surface area contributed by atoms with Gasteiger partial charge in [0.25, 0.3) is 0 Å². The van der Waals surface area contributed by atoms with Crippen LogP contribution in [0.15, 0.2) is 77.4 Å². The zero-order chi connectivity index (χ0) is 25.9. The monoisotopic (exact) mass is 503 g/mol. The topological polar surface area (TPSA) is 26.0 Å². The summed E-state index contributed by atoms with van der Waals surface area (Å²) >= 11 is 1.90. The molecule has 0 atom stereocenters. The number of benzene rings is 3. The van der Waals surface area contributed by atoms with Crippen LogP contribution in [0.3, 0.4) is 0 Å². The molecule has 6 aromatic rings. The number of aromatic nitrogens is 1. The maximum absolute atomic E-state index is 5.87. The summed E-state index contributed by atoms with van der Waals surface area (Å²) in [6.45, 7) is 13.7. The molecular weight excluding hydrogens is 470 g/mol. The SMILES string of the molecule is Cc1sc2cc(-c3cc(-c4cc(C(C)(C)C)c5ccccc5c4)nc4occc34)ccc2c1CC(C)C. The van der Waals surface area contributed by atoms with Crippen molar-refractivity contribution in [3.63, 3.8) is 0 Å². The van der Waals surface area contributed by atoms with Crippen molar-refractivity contribution in [3.8, 4) is 22.4 Å². The van der Waals surface area contributed by atoms with E-state index < -0.39 is 0 Å². The highest BCUT2D eigenvalue weighted by Gasteiger charge is 2.20. The Labute approximate surface area is 223 Å². The fourth-order valence-corrected chi connectivity index (χ4v) is 6.65. The number of rotatable bonds is 4. The van der Waals surface area contributed by atoms with Crippen molar-refractivity contribution in [2.45, 2.75) is 53.4 Å². The molecule has 0 unspecified atom stereocenters. The van der Waals surface area contributed by atoms with Crippen LogP contribution in [0, 0.1) is 12.8 Å². The average Bonchev–Trinajstić information content (AvgIpc) is 3.45. The third-order valence-corrected chi connectivity index (χ3v) is 8.43. The van der Waals surface area contributed by atoms with E-state index >= 15 is 0 Å². The summed E-state index contributed by atoms with van der Waals surface area (Å²) in [6, 6.07) is 24.4. The Morgan fingerprint density at radius 2 is 1.68 bits per heavy atom. The van der Waals surface area contributed by atoms with E-state index in [1.54, 1.807) is 6.26 Å². The summed E-state index contributed by atoms with van der Waals surface area (Å²) in [4.78, 5) is 6.40. The molecule has 0 radical (unpaired) electrons. The van der Waals surface area contributed by atoms with Crippen LogP contribution in [0.5, 0.6) is 0 Å². The molecule has 0 amide bonds. The zero-order valence-corrected chi connectivity index (χ0v) is 23.3. The Morgan fingerprint density at radius 1 is 0.865 bits per heavy atom. The van der Waals surface area contributed by atoms with Crippen molar-refractivity contribution >= 4 is 43.3 Å². The van der Waals surface area contributed by atoms with Gasteiger partial charge in [0, 0.05) is 20.5 Å². The lowest BCUT2D eigenvalue weighted by Gasteiger charge is -2.22. The number of thiophene rings is 1. The molecular formula is C34H33NOS. The zero-order valence-electron chi connectivity index (χ0n) is 22.5. The van der Waals surface area contributed by atoms with Crippen molar-refractivity contribution in [2.24, 2.45) is 5.92 Å². The maximum Gasteiger partial charge on any atom is 0.227 e. The number of fused-ring (bicyclic) bond motifs is 3. The molecule has 0 bridgehead atoms. The summed E-state index contributed by atoms with van der Waals surface area (Å²) in [6.07, 6.45) is 2.87. The van der Waals surface area contributed by atoms with Crippen molar-refractivity contribution in [1.29, 1.82) is 0 Å². The number of pyridine rings is 1. The predicted octanol–water partition coefficient (Wildman–Crippen LogP) is 10.3. The molecule has 2 nitrogen and oxygen atoms in total. The molecule has 3 heteroatoms. The van der Waals surface area contributed by atoms with Crippen molar-refractivity contribution in [3.05, 3.63) is 89.0 Å². The summed E-state index contributed by atoms with van der Waals surface area (Å²) in [5, 5.41) is 4.98. The van der Waals surface area contributed by atoms with Gasteiger partial charge in [-0.1, -0.05) is 71.0 Å². The van der Waals surface area contributed by atoms with Gasteiger partial charge in [0.1, 0.15) is 0 Å². The number of hydrogen-bond donors (Lipinski definition) is 0.